The van der Waals surface area contributed by atoms with Gasteiger partial charge in [0.05, 0.1) is 6.54 Å². The van der Waals surface area contributed by atoms with Gasteiger partial charge in [-0.2, -0.15) is 0 Å². The Morgan fingerprint density at radius 1 is 1.22 bits per heavy atom. The largest absolute Gasteiger partial charge is 0.444 e. The SMILES string of the molecule is CC(C)(C)OC(=O)N1CCN(CCCCCCO[C@@H]2COc3nc([N+](=O)[O-])cn3C2)CC1. The minimum Gasteiger partial charge on any atom is -0.444 e. The number of amides is 1. The second-order valence-corrected chi connectivity index (χ2v) is 9.32. The summed E-state index contributed by atoms with van der Waals surface area (Å²) in [4.78, 5) is 30.4. The molecule has 0 radical (unpaired) electrons. The Labute approximate surface area is 188 Å². The normalized spacial score (nSPS) is 19.3. The number of piperazine rings is 1. The molecule has 0 bridgehead atoms. The number of ether oxygens (including phenoxy) is 3. The highest BCUT2D eigenvalue weighted by molar-refractivity contribution is 5.68. The van der Waals surface area contributed by atoms with E-state index in [-0.39, 0.29) is 24.0 Å². The first-order valence-corrected chi connectivity index (χ1v) is 11.4. The quantitative estimate of drug-likeness (QED) is 0.319. The Balaban J connectivity index is 1.21. The highest BCUT2D eigenvalue weighted by atomic mass is 16.6. The van der Waals surface area contributed by atoms with E-state index in [9.17, 15) is 14.9 Å². The molecule has 11 heteroatoms. The fourth-order valence-electron chi connectivity index (χ4n) is 3.78. The number of fused-ring (bicyclic) bond motifs is 1. The van der Waals surface area contributed by atoms with Gasteiger partial charge >= 0.3 is 17.9 Å². The standard InChI is InChI=1S/C21H35N5O6/c1-21(2,3)32-20(27)24-11-9-23(10-12-24)8-6-4-5-7-13-30-17-14-25-15-18(26(28)29)22-19(25)31-16-17/h15,17H,4-14,16H2,1-3H3/t17-/m0/s1. The number of hydrogen-bond donors (Lipinski definition) is 0. The summed E-state index contributed by atoms with van der Waals surface area (Å²) >= 11 is 0. The summed E-state index contributed by atoms with van der Waals surface area (Å²) in [6, 6.07) is 0.281. The number of aromatic nitrogens is 2. The average molecular weight is 454 g/mol. The third-order valence-corrected chi connectivity index (χ3v) is 5.46. The van der Waals surface area contributed by atoms with E-state index in [2.05, 4.69) is 9.88 Å². The predicted octanol–water partition coefficient (Wildman–Crippen LogP) is 2.68. The zero-order valence-electron chi connectivity index (χ0n) is 19.3. The van der Waals surface area contributed by atoms with E-state index in [0.717, 1.165) is 45.3 Å². The van der Waals surface area contributed by atoms with Crippen molar-refractivity contribution >= 4 is 11.9 Å². The zero-order chi connectivity index (χ0) is 23.1. The summed E-state index contributed by atoms with van der Waals surface area (Å²) in [5, 5.41) is 10.8. The van der Waals surface area contributed by atoms with Crippen LogP contribution >= 0.6 is 0 Å². The van der Waals surface area contributed by atoms with Gasteiger partial charge in [-0.15, -0.1) is 0 Å². The minimum atomic E-state index is -0.522. The lowest BCUT2D eigenvalue weighted by molar-refractivity contribution is -0.389. The second kappa shape index (κ2) is 11.0. The molecule has 0 unspecified atom stereocenters. The molecule has 0 saturated carbocycles. The molecular formula is C21H35N5O6. The topological polar surface area (TPSA) is 112 Å². The van der Waals surface area contributed by atoms with E-state index < -0.39 is 10.5 Å². The maximum Gasteiger partial charge on any atom is 0.414 e. The smallest absolute Gasteiger partial charge is 0.414 e. The molecule has 0 N–H and O–H groups in total. The van der Waals surface area contributed by atoms with Crippen molar-refractivity contribution < 1.29 is 23.9 Å². The lowest BCUT2D eigenvalue weighted by Gasteiger charge is -2.35. The molecule has 1 saturated heterocycles. The summed E-state index contributed by atoms with van der Waals surface area (Å²) in [6.45, 7) is 11.4. The minimum absolute atomic E-state index is 0.113. The van der Waals surface area contributed by atoms with Crippen LogP contribution in [0.3, 0.4) is 0 Å². The molecule has 11 nitrogen and oxygen atoms in total. The van der Waals surface area contributed by atoms with E-state index >= 15 is 0 Å². The van der Waals surface area contributed by atoms with Crippen LogP contribution in [0.1, 0.15) is 46.5 Å². The summed E-state index contributed by atoms with van der Waals surface area (Å²) < 4.78 is 18.4. The predicted molar refractivity (Wildman–Crippen MR) is 117 cm³/mol. The summed E-state index contributed by atoms with van der Waals surface area (Å²) in [6.07, 6.45) is 5.38. The first-order chi connectivity index (χ1) is 15.2. The van der Waals surface area contributed by atoms with E-state index in [4.69, 9.17) is 14.2 Å². The van der Waals surface area contributed by atoms with Crippen LogP contribution in [0, 0.1) is 10.1 Å². The molecule has 1 amide bonds. The van der Waals surface area contributed by atoms with Gasteiger partial charge in [0.15, 0.2) is 0 Å². The van der Waals surface area contributed by atoms with E-state index in [1.807, 2.05) is 20.8 Å². The van der Waals surface area contributed by atoms with Gasteiger partial charge in [0.2, 0.25) is 0 Å². The van der Waals surface area contributed by atoms with Crippen molar-refractivity contribution in [3.05, 3.63) is 16.3 Å². The molecule has 2 aliphatic heterocycles. The molecule has 0 aliphatic carbocycles. The lowest BCUT2D eigenvalue weighted by atomic mass is 10.2. The molecule has 32 heavy (non-hydrogen) atoms. The molecule has 180 valence electrons. The lowest BCUT2D eigenvalue weighted by Crippen LogP contribution is -2.50. The zero-order valence-corrected chi connectivity index (χ0v) is 19.3. The first-order valence-electron chi connectivity index (χ1n) is 11.4. The van der Waals surface area contributed by atoms with Crippen LogP contribution in [0.15, 0.2) is 6.20 Å². The Morgan fingerprint density at radius 2 is 1.94 bits per heavy atom. The maximum atomic E-state index is 12.1. The van der Waals surface area contributed by atoms with Crippen molar-refractivity contribution in [3.63, 3.8) is 0 Å². The number of carbonyl (C=O) groups excluding carboxylic acids is 1. The molecule has 3 heterocycles. The Bertz CT molecular complexity index is 769. The number of imidazole rings is 1. The summed E-state index contributed by atoms with van der Waals surface area (Å²) in [5.74, 6) is -0.202. The third-order valence-electron chi connectivity index (χ3n) is 5.46. The number of hydrogen-bond acceptors (Lipinski definition) is 8. The molecule has 3 rings (SSSR count). The van der Waals surface area contributed by atoms with Gasteiger partial charge in [0.1, 0.15) is 24.5 Å². The average Bonchev–Trinajstić information content (AvgIpc) is 3.16. The van der Waals surface area contributed by atoms with Crippen LogP contribution in [0.4, 0.5) is 10.6 Å². The van der Waals surface area contributed by atoms with Gasteiger partial charge in [-0.1, -0.05) is 12.8 Å². The molecule has 0 spiro atoms. The van der Waals surface area contributed by atoms with E-state index in [1.54, 1.807) is 9.47 Å². The highest BCUT2D eigenvalue weighted by Gasteiger charge is 2.28. The van der Waals surface area contributed by atoms with Crippen LogP contribution in [-0.4, -0.2) is 88.0 Å². The molecular weight excluding hydrogens is 418 g/mol. The second-order valence-electron chi connectivity index (χ2n) is 9.32. The summed E-state index contributed by atoms with van der Waals surface area (Å²) in [5.41, 5.74) is -0.453. The van der Waals surface area contributed by atoms with Crippen LogP contribution in [0.5, 0.6) is 6.01 Å². The molecule has 1 aromatic rings. The molecule has 2 aliphatic rings. The van der Waals surface area contributed by atoms with Gasteiger partial charge in [0.25, 0.3) is 0 Å². The summed E-state index contributed by atoms with van der Waals surface area (Å²) in [7, 11) is 0. The molecule has 0 aromatic carbocycles. The van der Waals surface area contributed by atoms with E-state index in [0.29, 0.717) is 32.8 Å². The Hall–Kier alpha value is -2.40. The fourth-order valence-corrected chi connectivity index (χ4v) is 3.78. The first kappa shape index (κ1) is 24.2. The van der Waals surface area contributed by atoms with Crippen LogP contribution in [0.2, 0.25) is 0 Å². The van der Waals surface area contributed by atoms with Gasteiger partial charge in [-0.25, -0.2) is 4.79 Å². The van der Waals surface area contributed by atoms with Crippen molar-refractivity contribution in [3.8, 4) is 6.01 Å². The maximum absolute atomic E-state index is 12.1. The highest BCUT2D eigenvalue weighted by Crippen LogP contribution is 2.22. The third kappa shape index (κ3) is 7.33. The fraction of sp³-hybridized carbons (Fsp3) is 0.810. The van der Waals surface area contributed by atoms with Gasteiger partial charge in [-0.05, 0) is 45.1 Å². The molecule has 1 atom stereocenters. The van der Waals surface area contributed by atoms with Gasteiger partial charge < -0.3 is 29.2 Å². The van der Waals surface area contributed by atoms with Crippen molar-refractivity contribution in [2.45, 2.75) is 64.7 Å². The Morgan fingerprint density at radius 3 is 2.62 bits per heavy atom. The van der Waals surface area contributed by atoms with Crippen LogP contribution < -0.4 is 4.74 Å². The van der Waals surface area contributed by atoms with Crippen molar-refractivity contribution in [1.82, 2.24) is 19.4 Å². The van der Waals surface area contributed by atoms with Crippen molar-refractivity contribution in [2.75, 3.05) is 45.9 Å². The molecule has 1 aromatic heterocycles. The van der Waals surface area contributed by atoms with Gasteiger partial charge in [-0.3, -0.25) is 9.47 Å². The number of nitro groups is 1. The Kier molecular flexibility index (Phi) is 8.30. The number of rotatable bonds is 9. The van der Waals surface area contributed by atoms with E-state index in [1.165, 1.54) is 6.20 Å². The van der Waals surface area contributed by atoms with Crippen LogP contribution in [0.25, 0.3) is 0 Å². The van der Waals surface area contributed by atoms with Crippen molar-refractivity contribution in [1.29, 1.82) is 0 Å². The van der Waals surface area contributed by atoms with Crippen LogP contribution in [-0.2, 0) is 16.0 Å². The number of unbranched alkanes of at least 4 members (excludes halogenated alkanes) is 3. The molecule has 1 fully saturated rings. The van der Waals surface area contributed by atoms with Crippen molar-refractivity contribution in [2.24, 2.45) is 0 Å². The number of nitrogens with zero attached hydrogens (tertiary/aromatic N) is 5. The monoisotopic (exact) mass is 453 g/mol. The van der Waals surface area contributed by atoms with Gasteiger partial charge in [0, 0.05) is 37.8 Å². The number of carbonyl (C=O) groups is 1.